The maximum Gasteiger partial charge on any atom is 0.224 e. The normalized spacial score (nSPS) is 10.9. The molecule has 0 aromatic carbocycles. The van der Waals surface area contributed by atoms with Crippen LogP contribution in [0.3, 0.4) is 0 Å². The topological polar surface area (TPSA) is 30.7 Å². The summed E-state index contributed by atoms with van der Waals surface area (Å²) < 4.78 is 14.6. The Morgan fingerprint density at radius 1 is 1.58 bits per heavy atom. The first kappa shape index (κ1) is 7.49. The van der Waals surface area contributed by atoms with Crippen molar-refractivity contribution >= 4 is 22.6 Å². The van der Waals surface area contributed by atoms with E-state index in [1.807, 2.05) is 0 Å². The highest BCUT2D eigenvalue weighted by molar-refractivity contribution is 6.28. The number of hydrogen-bond acceptors (Lipinski definition) is 2. The second-order valence-corrected chi connectivity index (χ2v) is 2.80. The quantitative estimate of drug-likeness (QED) is 0.586. The minimum atomic E-state index is -0.329. The Morgan fingerprint density at radius 2 is 2.33 bits per heavy atom. The van der Waals surface area contributed by atoms with E-state index in [-0.39, 0.29) is 11.1 Å². The van der Waals surface area contributed by atoms with Gasteiger partial charge >= 0.3 is 0 Å². The van der Waals surface area contributed by atoms with Crippen LogP contribution in [0.25, 0.3) is 11.0 Å². The molecule has 0 unspecified atom stereocenters. The van der Waals surface area contributed by atoms with Gasteiger partial charge in [0.05, 0.1) is 5.39 Å². The van der Waals surface area contributed by atoms with Gasteiger partial charge in [0.2, 0.25) is 5.28 Å². The Morgan fingerprint density at radius 3 is 3.08 bits per heavy atom. The van der Waals surface area contributed by atoms with Crippen molar-refractivity contribution in [1.82, 2.24) is 14.5 Å². The van der Waals surface area contributed by atoms with Gasteiger partial charge in [0.25, 0.3) is 0 Å². The maximum atomic E-state index is 13.0. The van der Waals surface area contributed by atoms with Gasteiger partial charge in [-0.2, -0.15) is 4.98 Å². The summed E-state index contributed by atoms with van der Waals surface area (Å²) in [4.78, 5) is 7.56. The van der Waals surface area contributed by atoms with E-state index >= 15 is 0 Å². The monoisotopic (exact) mass is 185 g/mol. The van der Waals surface area contributed by atoms with Crippen molar-refractivity contribution in [3.63, 3.8) is 0 Å². The lowest BCUT2D eigenvalue weighted by molar-refractivity contribution is 0.633. The molecule has 2 heterocycles. The van der Waals surface area contributed by atoms with Gasteiger partial charge in [-0.25, -0.2) is 9.37 Å². The molecule has 5 heteroatoms. The van der Waals surface area contributed by atoms with Crippen LogP contribution in [0.1, 0.15) is 0 Å². The molecule has 0 aliphatic rings. The Balaban J connectivity index is 2.90. The lowest BCUT2D eigenvalue weighted by Crippen LogP contribution is -1.89. The fourth-order valence-corrected chi connectivity index (χ4v) is 1.22. The zero-order valence-corrected chi connectivity index (χ0v) is 7.01. The van der Waals surface area contributed by atoms with E-state index in [2.05, 4.69) is 9.97 Å². The van der Waals surface area contributed by atoms with Crippen molar-refractivity contribution in [2.75, 3.05) is 0 Å². The van der Waals surface area contributed by atoms with Crippen LogP contribution in [0.2, 0.25) is 5.28 Å². The summed E-state index contributed by atoms with van der Waals surface area (Å²) in [5.41, 5.74) is 0.507. The van der Waals surface area contributed by atoms with Crippen LogP contribution in [0, 0.1) is 5.82 Å². The summed E-state index contributed by atoms with van der Waals surface area (Å²) in [6.45, 7) is 0. The molecule has 0 spiro atoms. The summed E-state index contributed by atoms with van der Waals surface area (Å²) in [6, 6.07) is 0. The molecule has 0 fully saturated rings. The van der Waals surface area contributed by atoms with Gasteiger partial charge in [-0.1, -0.05) is 0 Å². The number of halogens is 2. The van der Waals surface area contributed by atoms with Crippen molar-refractivity contribution < 1.29 is 4.39 Å². The maximum absolute atomic E-state index is 13.0. The van der Waals surface area contributed by atoms with Gasteiger partial charge in [-0.05, 0) is 11.6 Å². The van der Waals surface area contributed by atoms with Crippen molar-refractivity contribution in [3.8, 4) is 0 Å². The molecule has 3 nitrogen and oxygen atoms in total. The minimum Gasteiger partial charge on any atom is -0.332 e. The number of aryl methyl sites for hydroxylation is 1. The molecule has 0 saturated heterocycles. The average Bonchev–Trinajstić information content (AvgIpc) is 2.28. The summed E-state index contributed by atoms with van der Waals surface area (Å²) >= 11 is 5.54. The molecule has 2 aromatic rings. The number of aromatic nitrogens is 3. The van der Waals surface area contributed by atoms with Crippen LogP contribution in [-0.4, -0.2) is 14.5 Å². The Kier molecular flexibility index (Phi) is 1.51. The van der Waals surface area contributed by atoms with Gasteiger partial charge in [-0.15, -0.1) is 0 Å². The van der Waals surface area contributed by atoms with Gasteiger partial charge in [-0.3, -0.25) is 0 Å². The molecule has 0 saturated carbocycles. The second-order valence-electron chi connectivity index (χ2n) is 2.46. The molecular weight excluding hydrogens is 181 g/mol. The van der Waals surface area contributed by atoms with Gasteiger partial charge < -0.3 is 4.57 Å². The largest absolute Gasteiger partial charge is 0.332 e. The molecule has 2 aromatic heterocycles. The molecule has 0 aliphatic heterocycles. The summed E-state index contributed by atoms with van der Waals surface area (Å²) in [7, 11) is 1.70. The van der Waals surface area contributed by atoms with E-state index in [0.29, 0.717) is 11.0 Å². The van der Waals surface area contributed by atoms with Gasteiger partial charge in [0.1, 0.15) is 5.65 Å². The summed E-state index contributed by atoms with van der Waals surface area (Å²) in [5, 5.41) is 0.519. The highest BCUT2D eigenvalue weighted by Gasteiger charge is 2.07. The van der Waals surface area contributed by atoms with E-state index in [1.54, 1.807) is 11.6 Å². The fourth-order valence-electron chi connectivity index (χ4n) is 1.09. The zero-order valence-electron chi connectivity index (χ0n) is 6.25. The molecule has 62 valence electrons. The zero-order chi connectivity index (χ0) is 8.72. The van der Waals surface area contributed by atoms with Crippen molar-refractivity contribution in [1.29, 1.82) is 0 Å². The Hall–Kier alpha value is -1.16. The third-order valence-electron chi connectivity index (χ3n) is 1.64. The van der Waals surface area contributed by atoms with Gasteiger partial charge in [0.15, 0.2) is 5.82 Å². The minimum absolute atomic E-state index is 0.128. The van der Waals surface area contributed by atoms with Gasteiger partial charge in [0, 0.05) is 19.4 Å². The predicted molar refractivity (Wildman–Crippen MR) is 43.5 cm³/mol. The Bertz CT molecular complexity index is 437. The van der Waals surface area contributed by atoms with E-state index in [0.717, 1.165) is 0 Å². The molecule has 0 atom stereocenters. The van der Waals surface area contributed by atoms with E-state index in [4.69, 9.17) is 11.6 Å². The molecule has 0 bridgehead atoms. The molecular formula is C7H5ClFN3. The summed E-state index contributed by atoms with van der Waals surface area (Å²) in [6.07, 6.45) is 2.72. The molecule has 0 amide bonds. The van der Waals surface area contributed by atoms with E-state index in [9.17, 15) is 4.39 Å². The molecule has 0 radical (unpaired) electrons. The van der Waals surface area contributed by atoms with Crippen molar-refractivity contribution in [2.45, 2.75) is 0 Å². The van der Waals surface area contributed by atoms with Crippen LogP contribution < -0.4 is 0 Å². The highest BCUT2D eigenvalue weighted by atomic mass is 35.5. The lowest BCUT2D eigenvalue weighted by Gasteiger charge is -1.92. The van der Waals surface area contributed by atoms with E-state index < -0.39 is 0 Å². The van der Waals surface area contributed by atoms with Crippen LogP contribution >= 0.6 is 11.6 Å². The third-order valence-corrected chi connectivity index (χ3v) is 1.82. The molecule has 0 aliphatic carbocycles. The molecule has 12 heavy (non-hydrogen) atoms. The SMILES string of the molecule is Cn1cc(F)c2cnc(Cl)nc21. The number of hydrogen-bond donors (Lipinski definition) is 0. The molecule has 2 rings (SSSR count). The first-order valence-electron chi connectivity index (χ1n) is 3.31. The Labute approximate surface area is 72.8 Å². The standard InChI is InChI=1S/C7H5ClFN3/c1-12-3-5(9)4-2-10-7(8)11-6(4)12/h2-3H,1H3. The fraction of sp³-hybridized carbons (Fsp3) is 0.143. The lowest BCUT2D eigenvalue weighted by atomic mass is 10.4. The predicted octanol–water partition coefficient (Wildman–Crippen LogP) is 1.76. The van der Waals surface area contributed by atoms with Crippen molar-refractivity contribution in [3.05, 3.63) is 23.5 Å². The van der Waals surface area contributed by atoms with Crippen LogP contribution in [-0.2, 0) is 7.05 Å². The summed E-state index contributed by atoms with van der Waals surface area (Å²) in [5.74, 6) is -0.329. The van der Waals surface area contributed by atoms with Crippen LogP contribution in [0.15, 0.2) is 12.4 Å². The molecule has 0 N–H and O–H groups in total. The van der Waals surface area contributed by atoms with E-state index in [1.165, 1.54) is 12.4 Å². The number of nitrogens with zero attached hydrogens (tertiary/aromatic N) is 3. The first-order chi connectivity index (χ1) is 5.68. The third kappa shape index (κ3) is 0.956. The number of rotatable bonds is 0. The highest BCUT2D eigenvalue weighted by Crippen LogP contribution is 2.17. The van der Waals surface area contributed by atoms with Crippen molar-refractivity contribution in [2.24, 2.45) is 7.05 Å². The first-order valence-corrected chi connectivity index (χ1v) is 3.69. The van der Waals surface area contributed by atoms with Crippen LogP contribution in [0.4, 0.5) is 4.39 Å². The average molecular weight is 186 g/mol. The van der Waals surface area contributed by atoms with Crippen LogP contribution in [0.5, 0.6) is 0 Å². The second kappa shape index (κ2) is 2.42. The number of fused-ring (bicyclic) bond motifs is 1. The smallest absolute Gasteiger partial charge is 0.224 e.